The number of anilines is 1. The van der Waals surface area contributed by atoms with Crippen molar-refractivity contribution in [3.8, 4) is 0 Å². The summed E-state index contributed by atoms with van der Waals surface area (Å²) in [5, 5.41) is 14.3. The SMILES string of the molecule is O=C(O)CSCc1cccc(NC(=O)CCCNC(=O)C2CC2)c1. The lowest BCUT2D eigenvalue weighted by atomic mass is 10.2. The minimum Gasteiger partial charge on any atom is -0.481 e. The van der Waals surface area contributed by atoms with Gasteiger partial charge in [-0.2, -0.15) is 0 Å². The highest BCUT2D eigenvalue weighted by Crippen LogP contribution is 2.28. The number of hydrogen-bond acceptors (Lipinski definition) is 4. The van der Waals surface area contributed by atoms with Crippen molar-refractivity contribution in [2.75, 3.05) is 17.6 Å². The standard InChI is InChI=1S/C17H22N2O4S/c20-15(5-2-8-18-17(23)13-6-7-13)19-14-4-1-3-12(9-14)10-24-11-16(21)22/h1,3-4,9,13H,2,5-8,10-11H2,(H,18,23)(H,19,20)(H,21,22). The highest BCUT2D eigenvalue weighted by molar-refractivity contribution is 7.99. The van der Waals surface area contributed by atoms with Gasteiger partial charge >= 0.3 is 5.97 Å². The predicted octanol–water partition coefficient (Wildman–Crippen LogP) is 2.25. The lowest BCUT2D eigenvalue weighted by molar-refractivity contribution is -0.134. The molecule has 0 radical (unpaired) electrons. The van der Waals surface area contributed by atoms with Crippen molar-refractivity contribution in [3.63, 3.8) is 0 Å². The first kappa shape index (κ1) is 18.3. The molecule has 1 aromatic carbocycles. The number of amides is 2. The van der Waals surface area contributed by atoms with E-state index in [1.807, 2.05) is 18.2 Å². The summed E-state index contributed by atoms with van der Waals surface area (Å²) >= 11 is 1.32. The fourth-order valence-electron chi connectivity index (χ4n) is 2.17. The lowest BCUT2D eigenvalue weighted by Gasteiger charge is -2.08. The first-order chi connectivity index (χ1) is 11.5. The molecule has 0 atom stereocenters. The van der Waals surface area contributed by atoms with Crippen LogP contribution in [0.1, 0.15) is 31.2 Å². The van der Waals surface area contributed by atoms with Crippen LogP contribution in [0.4, 0.5) is 5.69 Å². The van der Waals surface area contributed by atoms with Gasteiger partial charge in [-0.15, -0.1) is 11.8 Å². The molecule has 130 valence electrons. The molecule has 2 amide bonds. The molecule has 1 saturated carbocycles. The normalized spacial score (nSPS) is 13.3. The molecule has 1 aliphatic rings. The Morgan fingerprint density at radius 2 is 2.04 bits per heavy atom. The monoisotopic (exact) mass is 350 g/mol. The average Bonchev–Trinajstić information content (AvgIpc) is 3.36. The smallest absolute Gasteiger partial charge is 0.313 e. The number of hydrogen-bond donors (Lipinski definition) is 3. The predicted molar refractivity (Wildman–Crippen MR) is 93.8 cm³/mol. The van der Waals surface area contributed by atoms with E-state index in [9.17, 15) is 14.4 Å². The molecule has 6 nitrogen and oxygen atoms in total. The number of carboxylic acids is 1. The largest absolute Gasteiger partial charge is 0.481 e. The second kappa shape index (κ2) is 9.32. The molecule has 0 unspecified atom stereocenters. The third-order valence-corrected chi connectivity index (χ3v) is 4.52. The van der Waals surface area contributed by atoms with Gasteiger partial charge in [0.1, 0.15) is 0 Å². The van der Waals surface area contributed by atoms with E-state index in [0.717, 1.165) is 18.4 Å². The van der Waals surface area contributed by atoms with E-state index < -0.39 is 5.97 Å². The van der Waals surface area contributed by atoms with Crippen molar-refractivity contribution in [1.82, 2.24) is 5.32 Å². The molecule has 0 spiro atoms. The maximum atomic E-state index is 11.9. The number of benzene rings is 1. The van der Waals surface area contributed by atoms with E-state index in [0.29, 0.717) is 30.8 Å². The van der Waals surface area contributed by atoms with Gasteiger partial charge in [0.15, 0.2) is 0 Å². The molecular weight excluding hydrogens is 328 g/mol. The summed E-state index contributed by atoms with van der Waals surface area (Å²) in [6.07, 6.45) is 2.92. The number of carbonyl (C=O) groups is 3. The second-order valence-electron chi connectivity index (χ2n) is 5.80. The third-order valence-electron chi connectivity index (χ3n) is 3.53. The van der Waals surface area contributed by atoms with Crippen LogP contribution in [0.5, 0.6) is 0 Å². The summed E-state index contributed by atoms with van der Waals surface area (Å²) < 4.78 is 0. The van der Waals surface area contributed by atoms with Crippen molar-refractivity contribution < 1.29 is 19.5 Å². The number of aliphatic carboxylic acids is 1. The van der Waals surface area contributed by atoms with E-state index in [1.54, 1.807) is 6.07 Å². The fourth-order valence-corrected chi connectivity index (χ4v) is 2.86. The van der Waals surface area contributed by atoms with Crippen LogP contribution in [-0.2, 0) is 20.1 Å². The Bertz CT molecular complexity index is 602. The van der Waals surface area contributed by atoms with Crippen LogP contribution in [0.2, 0.25) is 0 Å². The summed E-state index contributed by atoms with van der Waals surface area (Å²) in [5.41, 5.74) is 1.67. The Morgan fingerprint density at radius 3 is 2.75 bits per heavy atom. The minimum absolute atomic E-state index is 0.0587. The van der Waals surface area contributed by atoms with Gasteiger partial charge in [-0.25, -0.2) is 0 Å². The van der Waals surface area contributed by atoms with Gasteiger partial charge in [0.05, 0.1) is 5.75 Å². The van der Waals surface area contributed by atoms with E-state index >= 15 is 0 Å². The number of rotatable bonds is 10. The summed E-state index contributed by atoms with van der Waals surface area (Å²) in [6.45, 7) is 0.522. The summed E-state index contributed by atoms with van der Waals surface area (Å²) in [5.74, 6) is 0.0126. The first-order valence-corrected chi connectivity index (χ1v) is 9.16. The molecule has 0 bridgehead atoms. The fraction of sp³-hybridized carbons (Fsp3) is 0.471. The molecule has 0 heterocycles. The Labute approximate surface area is 145 Å². The quantitative estimate of drug-likeness (QED) is 0.563. The van der Waals surface area contributed by atoms with Crippen molar-refractivity contribution in [2.24, 2.45) is 5.92 Å². The Kier molecular flexibility index (Phi) is 7.11. The molecule has 2 rings (SSSR count). The molecule has 1 aliphatic carbocycles. The highest BCUT2D eigenvalue weighted by Gasteiger charge is 2.28. The maximum absolute atomic E-state index is 11.9. The van der Waals surface area contributed by atoms with E-state index in [1.165, 1.54) is 11.8 Å². The van der Waals surface area contributed by atoms with Gasteiger partial charge in [-0.1, -0.05) is 12.1 Å². The van der Waals surface area contributed by atoms with Crippen LogP contribution >= 0.6 is 11.8 Å². The second-order valence-corrected chi connectivity index (χ2v) is 6.79. The van der Waals surface area contributed by atoms with Crippen molar-refractivity contribution >= 4 is 35.2 Å². The molecule has 24 heavy (non-hydrogen) atoms. The van der Waals surface area contributed by atoms with E-state index in [2.05, 4.69) is 10.6 Å². The number of nitrogens with one attached hydrogen (secondary N) is 2. The van der Waals surface area contributed by atoms with Crippen LogP contribution in [0.15, 0.2) is 24.3 Å². The van der Waals surface area contributed by atoms with Gasteiger partial charge in [-0.05, 0) is 37.0 Å². The van der Waals surface area contributed by atoms with Crippen LogP contribution in [-0.4, -0.2) is 35.2 Å². The molecule has 1 fully saturated rings. The zero-order valence-electron chi connectivity index (χ0n) is 13.4. The molecule has 0 saturated heterocycles. The van der Waals surface area contributed by atoms with Gasteiger partial charge in [0.2, 0.25) is 11.8 Å². The summed E-state index contributed by atoms with van der Waals surface area (Å²) in [4.78, 5) is 33.9. The first-order valence-electron chi connectivity index (χ1n) is 8.00. The van der Waals surface area contributed by atoms with Crippen LogP contribution in [0, 0.1) is 5.92 Å². The van der Waals surface area contributed by atoms with Gasteiger partial charge in [0.25, 0.3) is 0 Å². The Hall–Kier alpha value is -2.02. The lowest BCUT2D eigenvalue weighted by Crippen LogP contribution is -2.26. The number of carboxylic acid groups (broad SMARTS) is 1. The van der Waals surface area contributed by atoms with Gasteiger partial charge in [-0.3, -0.25) is 14.4 Å². The Balaban J connectivity index is 1.66. The van der Waals surface area contributed by atoms with Gasteiger partial charge in [0, 0.05) is 30.3 Å². The summed E-state index contributed by atoms with van der Waals surface area (Å²) in [7, 11) is 0. The topological polar surface area (TPSA) is 95.5 Å². The molecule has 3 N–H and O–H groups in total. The molecule has 7 heteroatoms. The summed E-state index contributed by atoms with van der Waals surface area (Å²) in [6, 6.07) is 7.39. The highest BCUT2D eigenvalue weighted by atomic mass is 32.2. The number of thioether (sulfide) groups is 1. The number of carbonyl (C=O) groups excluding carboxylic acids is 2. The Morgan fingerprint density at radius 1 is 1.25 bits per heavy atom. The zero-order valence-corrected chi connectivity index (χ0v) is 14.2. The van der Waals surface area contributed by atoms with Gasteiger partial charge < -0.3 is 15.7 Å². The van der Waals surface area contributed by atoms with Crippen LogP contribution in [0.25, 0.3) is 0 Å². The third kappa shape index (κ3) is 7.04. The zero-order chi connectivity index (χ0) is 17.4. The van der Waals surface area contributed by atoms with Crippen molar-refractivity contribution in [1.29, 1.82) is 0 Å². The van der Waals surface area contributed by atoms with E-state index in [4.69, 9.17) is 5.11 Å². The van der Waals surface area contributed by atoms with Crippen molar-refractivity contribution in [3.05, 3.63) is 29.8 Å². The maximum Gasteiger partial charge on any atom is 0.313 e. The van der Waals surface area contributed by atoms with Crippen LogP contribution in [0.3, 0.4) is 0 Å². The molecule has 0 aliphatic heterocycles. The van der Waals surface area contributed by atoms with Crippen molar-refractivity contribution in [2.45, 2.75) is 31.4 Å². The van der Waals surface area contributed by atoms with E-state index in [-0.39, 0.29) is 23.5 Å². The molecule has 1 aromatic rings. The molecule has 0 aromatic heterocycles. The average molecular weight is 350 g/mol. The van der Waals surface area contributed by atoms with Crippen LogP contribution < -0.4 is 10.6 Å². The minimum atomic E-state index is -0.835. The molecular formula is C17H22N2O4S.